The molecule has 0 saturated carbocycles. The maximum Gasteiger partial charge on any atom is 0.294 e. The number of amides is 3. The third-order valence-corrected chi connectivity index (χ3v) is 5.74. The molecule has 0 aromatic heterocycles. The van der Waals surface area contributed by atoms with Gasteiger partial charge in [-0.25, -0.2) is 0 Å². The van der Waals surface area contributed by atoms with Gasteiger partial charge >= 0.3 is 0 Å². The molecule has 0 aliphatic carbocycles. The lowest BCUT2D eigenvalue weighted by molar-refractivity contribution is -0.127. The van der Waals surface area contributed by atoms with E-state index in [2.05, 4.69) is 5.32 Å². The van der Waals surface area contributed by atoms with E-state index in [1.165, 1.54) is 0 Å². The summed E-state index contributed by atoms with van der Waals surface area (Å²) in [6.45, 7) is 8.31. The van der Waals surface area contributed by atoms with Crippen LogP contribution in [0.15, 0.2) is 41.3 Å². The lowest BCUT2D eigenvalue weighted by Crippen LogP contribution is -2.36. The van der Waals surface area contributed by atoms with Gasteiger partial charge in [-0.05, 0) is 86.5 Å². The van der Waals surface area contributed by atoms with Crippen molar-refractivity contribution in [3.8, 4) is 11.5 Å². The zero-order chi connectivity index (χ0) is 23.3. The number of carbonyl (C=O) groups excluding carboxylic acids is 3. The molecule has 0 radical (unpaired) electrons. The van der Waals surface area contributed by atoms with Gasteiger partial charge in [-0.1, -0.05) is 12.1 Å². The van der Waals surface area contributed by atoms with E-state index in [1.54, 1.807) is 30.3 Å². The molecule has 1 N–H and O–H groups in total. The van der Waals surface area contributed by atoms with E-state index in [-0.39, 0.29) is 11.4 Å². The Kier molecular flexibility index (Phi) is 7.58. The number of thioether (sulfide) groups is 1. The number of nitrogens with one attached hydrogen (secondary N) is 1. The average molecular weight is 455 g/mol. The van der Waals surface area contributed by atoms with Crippen molar-refractivity contribution in [2.24, 2.45) is 0 Å². The first-order chi connectivity index (χ1) is 15.3. The summed E-state index contributed by atoms with van der Waals surface area (Å²) in [5, 5.41) is 2.26. The Morgan fingerprint density at radius 2 is 1.72 bits per heavy atom. The third-order valence-electron chi connectivity index (χ3n) is 4.83. The van der Waals surface area contributed by atoms with Crippen LogP contribution < -0.4 is 14.8 Å². The van der Waals surface area contributed by atoms with E-state index in [0.29, 0.717) is 36.0 Å². The molecule has 7 nitrogen and oxygen atoms in total. The van der Waals surface area contributed by atoms with Gasteiger partial charge in [0.25, 0.3) is 11.1 Å². The quantitative estimate of drug-likeness (QED) is 0.578. The predicted octanol–water partition coefficient (Wildman–Crippen LogP) is 4.78. The van der Waals surface area contributed by atoms with Crippen LogP contribution in [-0.2, 0) is 9.59 Å². The summed E-state index contributed by atoms with van der Waals surface area (Å²) in [5.41, 5.74) is 3.47. The highest BCUT2D eigenvalue weighted by Crippen LogP contribution is 2.34. The van der Waals surface area contributed by atoms with Crippen LogP contribution in [0.4, 0.5) is 10.5 Å². The summed E-state index contributed by atoms with van der Waals surface area (Å²) < 4.78 is 11.2. The molecule has 3 rings (SSSR count). The fourth-order valence-electron chi connectivity index (χ4n) is 3.11. The topological polar surface area (TPSA) is 84.9 Å². The third kappa shape index (κ3) is 5.50. The van der Waals surface area contributed by atoms with E-state index in [1.807, 2.05) is 39.8 Å². The minimum atomic E-state index is -0.498. The fourth-order valence-corrected chi connectivity index (χ4v) is 3.95. The minimum absolute atomic E-state index is 0.251. The van der Waals surface area contributed by atoms with Crippen molar-refractivity contribution in [3.05, 3.63) is 58.0 Å². The van der Waals surface area contributed by atoms with Crippen LogP contribution in [-0.4, -0.2) is 41.7 Å². The fraction of sp³-hybridized carbons (Fsp3) is 0.292. The van der Waals surface area contributed by atoms with Gasteiger partial charge in [-0.2, -0.15) is 0 Å². The van der Waals surface area contributed by atoms with Crippen LogP contribution in [0.3, 0.4) is 0 Å². The number of anilines is 1. The maximum atomic E-state index is 12.8. The van der Waals surface area contributed by atoms with Crippen LogP contribution >= 0.6 is 11.8 Å². The summed E-state index contributed by atoms with van der Waals surface area (Å²) in [6.07, 6.45) is 1.62. The number of nitrogens with zero attached hydrogens (tertiary/aromatic N) is 1. The van der Waals surface area contributed by atoms with Crippen molar-refractivity contribution >= 4 is 40.6 Å². The Labute approximate surface area is 191 Å². The first-order valence-electron chi connectivity index (χ1n) is 10.3. The largest absolute Gasteiger partial charge is 0.490 e. The van der Waals surface area contributed by atoms with E-state index in [0.717, 1.165) is 27.8 Å². The molecule has 0 atom stereocenters. The number of carbonyl (C=O) groups is 3. The Morgan fingerprint density at radius 1 is 1.00 bits per heavy atom. The number of hydrogen-bond acceptors (Lipinski definition) is 6. The van der Waals surface area contributed by atoms with Gasteiger partial charge in [-0.3, -0.25) is 19.3 Å². The zero-order valence-electron chi connectivity index (χ0n) is 18.6. The second kappa shape index (κ2) is 10.4. The Hall–Kier alpha value is -3.26. The predicted molar refractivity (Wildman–Crippen MR) is 126 cm³/mol. The van der Waals surface area contributed by atoms with Crippen molar-refractivity contribution in [2.75, 3.05) is 25.1 Å². The molecule has 0 unspecified atom stereocenters. The molecule has 32 heavy (non-hydrogen) atoms. The van der Waals surface area contributed by atoms with Crippen molar-refractivity contribution in [2.45, 2.75) is 27.7 Å². The molecule has 3 amide bonds. The number of rotatable bonds is 8. The van der Waals surface area contributed by atoms with E-state index < -0.39 is 17.1 Å². The summed E-state index contributed by atoms with van der Waals surface area (Å²) in [5.74, 6) is 0.247. The van der Waals surface area contributed by atoms with Crippen LogP contribution in [0.2, 0.25) is 0 Å². The maximum absolute atomic E-state index is 12.8. The first kappa shape index (κ1) is 23.4. The Bertz CT molecular complexity index is 1080. The smallest absolute Gasteiger partial charge is 0.294 e. The zero-order valence-corrected chi connectivity index (χ0v) is 19.4. The molecule has 2 aromatic carbocycles. The summed E-state index contributed by atoms with van der Waals surface area (Å²) in [4.78, 5) is 38.8. The van der Waals surface area contributed by atoms with Crippen LogP contribution in [0.1, 0.15) is 30.5 Å². The summed E-state index contributed by atoms with van der Waals surface area (Å²) in [7, 11) is 0. The molecular formula is C24H26N2O5S. The van der Waals surface area contributed by atoms with Crippen LogP contribution in [0, 0.1) is 13.8 Å². The van der Waals surface area contributed by atoms with Crippen LogP contribution in [0.5, 0.6) is 11.5 Å². The molecule has 2 aromatic rings. The lowest BCUT2D eigenvalue weighted by Gasteiger charge is -2.13. The number of imide groups is 1. The highest BCUT2D eigenvalue weighted by atomic mass is 32.2. The molecule has 1 saturated heterocycles. The molecule has 168 valence electrons. The lowest BCUT2D eigenvalue weighted by atomic mass is 10.1. The van der Waals surface area contributed by atoms with Crippen LogP contribution in [0.25, 0.3) is 6.08 Å². The monoisotopic (exact) mass is 454 g/mol. The standard InChI is InChI=1S/C24H26N2O5S/c1-5-30-19-10-8-17(12-20(19)31-6-2)13-21-23(28)26(24(29)32-21)14-22(27)25-18-9-7-15(3)16(4)11-18/h7-13H,5-6,14H2,1-4H3,(H,25,27)/b21-13+. The molecule has 0 bridgehead atoms. The number of aryl methyl sites for hydroxylation is 2. The molecule has 1 heterocycles. The second-order valence-electron chi connectivity index (χ2n) is 7.19. The Morgan fingerprint density at radius 3 is 2.41 bits per heavy atom. The van der Waals surface area contributed by atoms with Gasteiger partial charge in [0, 0.05) is 5.69 Å². The second-order valence-corrected chi connectivity index (χ2v) is 8.18. The van der Waals surface area contributed by atoms with E-state index in [9.17, 15) is 14.4 Å². The average Bonchev–Trinajstić information content (AvgIpc) is 3.00. The van der Waals surface area contributed by atoms with Crippen molar-refractivity contribution in [3.63, 3.8) is 0 Å². The number of ether oxygens (including phenoxy) is 2. The van der Waals surface area contributed by atoms with Gasteiger partial charge in [0.05, 0.1) is 18.1 Å². The van der Waals surface area contributed by atoms with E-state index in [4.69, 9.17) is 9.47 Å². The first-order valence-corrected chi connectivity index (χ1v) is 11.2. The SMILES string of the molecule is CCOc1ccc(/C=C2/SC(=O)N(CC(=O)Nc3ccc(C)c(C)c3)C2=O)cc1OCC. The normalized spacial score (nSPS) is 14.8. The van der Waals surface area contributed by atoms with E-state index >= 15 is 0 Å². The molecule has 0 spiro atoms. The number of benzene rings is 2. The minimum Gasteiger partial charge on any atom is -0.490 e. The molecular weight excluding hydrogens is 428 g/mol. The molecule has 1 aliphatic rings. The summed E-state index contributed by atoms with van der Waals surface area (Å²) >= 11 is 0.809. The molecule has 1 fully saturated rings. The van der Waals surface area contributed by atoms with Crippen molar-refractivity contribution in [1.29, 1.82) is 0 Å². The Balaban J connectivity index is 1.72. The van der Waals surface area contributed by atoms with Crippen molar-refractivity contribution in [1.82, 2.24) is 4.90 Å². The van der Waals surface area contributed by atoms with Gasteiger partial charge in [0.1, 0.15) is 6.54 Å². The number of hydrogen-bond donors (Lipinski definition) is 1. The summed E-state index contributed by atoms with van der Waals surface area (Å²) in [6, 6.07) is 10.9. The van der Waals surface area contributed by atoms with Gasteiger partial charge in [0.15, 0.2) is 11.5 Å². The highest BCUT2D eigenvalue weighted by Gasteiger charge is 2.36. The van der Waals surface area contributed by atoms with Gasteiger partial charge in [0.2, 0.25) is 5.91 Å². The molecule has 8 heteroatoms. The van der Waals surface area contributed by atoms with Crippen molar-refractivity contribution < 1.29 is 23.9 Å². The van der Waals surface area contributed by atoms with Gasteiger partial charge in [-0.15, -0.1) is 0 Å². The molecule has 1 aliphatic heterocycles. The van der Waals surface area contributed by atoms with Gasteiger partial charge < -0.3 is 14.8 Å². The highest BCUT2D eigenvalue weighted by molar-refractivity contribution is 8.18.